The Morgan fingerprint density at radius 1 is 0.438 bits per heavy atom. The van der Waals surface area contributed by atoms with Crippen LogP contribution in [0.5, 0.6) is 11.5 Å². The first-order chi connectivity index (χ1) is 38.9. The Hall–Kier alpha value is -6.76. The van der Waals surface area contributed by atoms with Gasteiger partial charge in [-0.15, -0.1) is 0 Å². The average Bonchev–Trinajstić information content (AvgIpc) is 4.48. The molecule has 0 spiro atoms. The minimum atomic E-state index is -0.205. The number of aromatic hydroxyl groups is 2. The Bertz CT molecular complexity index is 3450. The first kappa shape index (κ1) is 50.2. The van der Waals surface area contributed by atoms with Crippen LogP contribution in [0.4, 0.5) is 0 Å². The van der Waals surface area contributed by atoms with Crippen molar-refractivity contribution < 1.29 is 38.7 Å². The molecular formula is C68H80N8O4+4. The zero-order chi connectivity index (χ0) is 54.0. The van der Waals surface area contributed by atoms with Crippen molar-refractivity contribution >= 4 is 0 Å². The van der Waals surface area contributed by atoms with E-state index in [2.05, 4.69) is 186 Å². The van der Waals surface area contributed by atoms with Crippen molar-refractivity contribution in [2.24, 2.45) is 34.5 Å². The highest BCUT2D eigenvalue weighted by molar-refractivity contribution is 5.54. The molecule has 4 fully saturated rings. The summed E-state index contributed by atoms with van der Waals surface area (Å²) >= 11 is 0. The zero-order valence-electron chi connectivity index (χ0n) is 46.8. The van der Waals surface area contributed by atoms with Crippen LogP contribution < -0.4 is 18.3 Å². The molecule has 6 aliphatic carbocycles. The van der Waals surface area contributed by atoms with Gasteiger partial charge in [-0.05, 0) is 192 Å². The largest absolute Gasteiger partial charge is 0.507 e. The molecule has 80 heavy (non-hydrogen) atoms. The monoisotopic (exact) mass is 1070 g/mol. The highest BCUT2D eigenvalue weighted by atomic mass is 16.3. The molecule has 0 unspecified atom stereocenters. The third-order valence-electron chi connectivity index (χ3n) is 22.1. The maximum atomic E-state index is 12.5. The van der Waals surface area contributed by atoms with Gasteiger partial charge in [-0.25, -0.2) is 36.5 Å². The number of phenols is 2. The fourth-order valence-corrected chi connectivity index (χ4v) is 18.0. The molecule has 1 aliphatic heterocycles. The zero-order valence-corrected chi connectivity index (χ0v) is 46.8. The molecule has 10 atom stereocenters. The Morgan fingerprint density at radius 3 is 1.18 bits per heavy atom. The van der Waals surface area contributed by atoms with Gasteiger partial charge in [0.1, 0.15) is 113 Å². The van der Waals surface area contributed by atoms with Crippen molar-refractivity contribution in [3.8, 4) is 11.5 Å². The molecule has 4 aromatic carbocycles. The smallest absolute Gasteiger partial charge is 0.244 e. The molecule has 4 N–H and O–H groups in total. The van der Waals surface area contributed by atoms with Gasteiger partial charge in [0.25, 0.3) is 0 Å². The lowest BCUT2D eigenvalue weighted by Crippen LogP contribution is -2.44. The van der Waals surface area contributed by atoms with Crippen LogP contribution in [0, 0.1) is 34.5 Å². The lowest BCUT2D eigenvalue weighted by Gasteiger charge is -2.50. The number of phenolic OH excluding ortho intramolecular Hbond substituents is 2. The predicted molar refractivity (Wildman–Crippen MR) is 302 cm³/mol. The van der Waals surface area contributed by atoms with Gasteiger partial charge in [-0.3, -0.25) is 0 Å². The van der Waals surface area contributed by atoms with E-state index in [0.717, 1.165) is 125 Å². The fourth-order valence-electron chi connectivity index (χ4n) is 18.0. The minimum absolute atomic E-state index is 0.00449. The van der Waals surface area contributed by atoms with Gasteiger partial charge in [0.05, 0.1) is 12.2 Å². The number of imidazole rings is 4. The fraction of sp³-hybridized carbons (Fsp3) is 0.471. The molecular weight excluding hydrogens is 993 g/mol. The van der Waals surface area contributed by atoms with Gasteiger partial charge in [0.15, 0.2) is 0 Å². The van der Waals surface area contributed by atoms with Crippen molar-refractivity contribution in [3.05, 3.63) is 202 Å². The van der Waals surface area contributed by atoms with E-state index in [9.17, 15) is 20.4 Å². The minimum Gasteiger partial charge on any atom is -0.507 e. The molecule has 12 nitrogen and oxygen atoms in total. The van der Waals surface area contributed by atoms with Crippen molar-refractivity contribution in [1.29, 1.82) is 0 Å². The summed E-state index contributed by atoms with van der Waals surface area (Å²) in [6.07, 6.45) is 38.1. The summed E-state index contributed by atoms with van der Waals surface area (Å²) < 4.78 is 18.0. The van der Waals surface area contributed by atoms with Gasteiger partial charge in [0, 0.05) is 22.3 Å². The number of fused-ring (bicyclic) bond motifs is 28. The van der Waals surface area contributed by atoms with Crippen LogP contribution in [0.15, 0.2) is 136 Å². The van der Waals surface area contributed by atoms with Gasteiger partial charge >= 0.3 is 0 Å². The number of aliphatic hydroxyl groups excluding tert-OH is 2. The van der Waals surface area contributed by atoms with E-state index < -0.39 is 0 Å². The first-order valence-corrected chi connectivity index (χ1v) is 30.3. The van der Waals surface area contributed by atoms with Crippen LogP contribution in [0.3, 0.4) is 0 Å². The molecule has 4 aromatic heterocycles. The van der Waals surface area contributed by atoms with E-state index in [1.807, 2.05) is 0 Å². The predicted octanol–water partition coefficient (Wildman–Crippen LogP) is 8.59. The number of hydrogen-bond donors (Lipinski definition) is 4. The average molecular weight is 1070 g/mol. The van der Waals surface area contributed by atoms with Gasteiger partial charge in [-0.1, -0.05) is 50.2 Å². The Balaban J connectivity index is 0.770. The maximum absolute atomic E-state index is 12.5. The molecule has 0 amide bonds. The van der Waals surface area contributed by atoms with E-state index in [0.29, 0.717) is 73.2 Å². The Kier molecular flexibility index (Phi) is 12.2. The highest BCUT2D eigenvalue weighted by Gasteiger charge is 2.56. The van der Waals surface area contributed by atoms with Crippen LogP contribution in [-0.4, -0.2) is 50.9 Å². The van der Waals surface area contributed by atoms with E-state index in [1.165, 1.54) is 44.5 Å². The molecule has 7 aliphatic rings. The number of rotatable bonds is 0. The second-order valence-corrected chi connectivity index (χ2v) is 26.6. The molecule has 412 valence electrons. The molecule has 4 saturated carbocycles. The summed E-state index contributed by atoms with van der Waals surface area (Å²) in [4.78, 5) is 0. The SMILES string of the molecule is C[C@]12CC[C@@H]3c4cc5c(O)c(c4CC[C@H]3[C@@H]1CC[C@@H]2O)Cn1cc[n+](c1)Cc1cccc(c1)C[n+]1ccn(c1)Cc1c(O)c(cc2c1CC[C@@H]1[C@@H]2CC[C@]2(C)[C@@H](O)CC[C@@H]12)Cn1cc[n+](c1)Cc1cccc(c1)C[n+]1ccn(c1)C5. The number of aromatic nitrogens is 8. The standard InChI is InChI=1S/C68H78N8O4/c1-67-19-17-53-55(61(67)13-15-63(67)77)11-9-51-57(53)31-49-37-73-25-21-69(41-73)33-45-5-3-6-46(29-45)34-70-22-26-74(42-70)38-50-32-58-52(10-12-56-54(58)18-20-68(2)62(56)14-16-64(68)78)60(66(50)80)40-76-28-24-72(44-76)36-48-8-4-7-47(30-48)35-71-23-27-75(43-71)39-59(51)65(49)79/h3-8,21-32,41-44,53-56,61-64,77-78H,9-20,33-40H2,1-2H3/q+2/p+2/t53-,54-,55+,56+,61-,62-,63-,64-,67-,68-/m0/s1. The maximum Gasteiger partial charge on any atom is 0.244 e. The van der Waals surface area contributed by atoms with E-state index in [1.54, 1.807) is 0 Å². The molecule has 16 bridgehead atoms. The van der Waals surface area contributed by atoms with E-state index in [-0.39, 0.29) is 23.0 Å². The van der Waals surface area contributed by atoms with Crippen molar-refractivity contribution in [3.63, 3.8) is 0 Å². The number of hydrogen-bond acceptors (Lipinski definition) is 4. The number of benzene rings is 4. The summed E-state index contributed by atoms with van der Waals surface area (Å²) in [5, 5.41) is 47.5. The normalized spacial score (nSPS) is 28.9. The van der Waals surface area contributed by atoms with Gasteiger partial charge in [0.2, 0.25) is 25.3 Å². The summed E-state index contributed by atoms with van der Waals surface area (Å²) in [6, 6.07) is 22.6. The van der Waals surface area contributed by atoms with Crippen molar-refractivity contribution in [2.45, 2.75) is 167 Å². The topological polar surface area (TPSA) is 116 Å². The van der Waals surface area contributed by atoms with Crippen LogP contribution in [0.1, 0.15) is 157 Å². The van der Waals surface area contributed by atoms with Gasteiger partial charge < -0.3 is 20.4 Å². The molecule has 12 heteroatoms. The third-order valence-corrected chi connectivity index (χ3v) is 22.1. The molecule has 8 aromatic rings. The molecule has 15 rings (SSSR count). The Morgan fingerprint density at radius 2 is 0.800 bits per heavy atom. The molecule has 0 saturated heterocycles. The van der Waals surface area contributed by atoms with Crippen molar-refractivity contribution in [2.75, 3.05) is 0 Å². The summed E-state index contributed by atoms with van der Waals surface area (Å²) in [5.74, 6) is 3.89. The van der Waals surface area contributed by atoms with Crippen LogP contribution in [0.25, 0.3) is 0 Å². The summed E-state index contributed by atoms with van der Waals surface area (Å²) in [7, 11) is 0. The quantitative estimate of drug-likeness (QED) is 0.114. The van der Waals surface area contributed by atoms with Crippen LogP contribution in [-0.2, 0) is 65.2 Å². The highest BCUT2D eigenvalue weighted by Crippen LogP contribution is 2.63. The van der Waals surface area contributed by atoms with Crippen LogP contribution in [0.2, 0.25) is 0 Å². The number of aliphatic hydroxyl groups is 2. The van der Waals surface area contributed by atoms with Crippen molar-refractivity contribution in [1.82, 2.24) is 18.3 Å². The van der Waals surface area contributed by atoms with Gasteiger partial charge in [-0.2, -0.15) is 0 Å². The summed E-state index contributed by atoms with van der Waals surface area (Å²) in [5.41, 5.74) is 14.5. The van der Waals surface area contributed by atoms with Crippen LogP contribution >= 0.6 is 0 Å². The third kappa shape index (κ3) is 8.68. The summed E-state index contributed by atoms with van der Waals surface area (Å²) in [6.45, 7) is 9.99. The lowest BCUT2D eigenvalue weighted by molar-refractivity contribution is -0.689. The van der Waals surface area contributed by atoms with E-state index in [4.69, 9.17) is 0 Å². The Labute approximate surface area is 470 Å². The van der Waals surface area contributed by atoms with E-state index >= 15 is 0 Å². The first-order valence-electron chi connectivity index (χ1n) is 30.3. The molecule has 5 heterocycles. The molecule has 0 radical (unpaired) electrons. The second-order valence-electron chi connectivity index (χ2n) is 26.6. The lowest BCUT2D eigenvalue weighted by atomic mass is 9.55. The second kappa shape index (κ2) is 19.5. The number of nitrogens with zero attached hydrogens (tertiary/aromatic N) is 8.